The molecule has 0 unspecified atom stereocenters. The van der Waals surface area contributed by atoms with Crippen molar-refractivity contribution in [2.75, 3.05) is 53.2 Å². The molecule has 1 aliphatic heterocycles. The van der Waals surface area contributed by atoms with Crippen molar-refractivity contribution in [2.45, 2.75) is 36.0 Å². The van der Waals surface area contributed by atoms with E-state index in [0.717, 1.165) is 48.5 Å². The van der Waals surface area contributed by atoms with Gasteiger partial charge in [-0.1, -0.05) is 59.6 Å². The maximum atomic E-state index is 14.5. The number of nitriles is 1. The fourth-order valence-corrected chi connectivity index (χ4v) is 7.99. The molecule has 1 fully saturated rings. The number of nitrogens with zero attached hydrogens (tertiary/aromatic N) is 3. The van der Waals surface area contributed by atoms with Gasteiger partial charge in [0.05, 0.1) is 52.7 Å². The second-order valence-electron chi connectivity index (χ2n) is 12.5. The van der Waals surface area contributed by atoms with Crippen LogP contribution < -0.4 is 15.2 Å². The number of ether oxygens (including phenoxy) is 2. The minimum atomic E-state index is -1.14. The van der Waals surface area contributed by atoms with E-state index in [2.05, 4.69) is 11.0 Å². The number of carbonyl (C=O) groups is 2. The summed E-state index contributed by atoms with van der Waals surface area (Å²) in [5.41, 5.74) is 8.10. The molecule has 9 nitrogen and oxygen atoms in total. The van der Waals surface area contributed by atoms with Gasteiger partial charge in [-0.2, -0.15) is 5.26 Å². The zero-order valence-electron chi connectivity index (χ0n) is 28.3. The highest BCUT2D eigenvalue weighted by Gasteiger charge is 2.30. The molecule has 0 radical (unpaired) electrons. The lowest BCUT2D eigenvalue weighted by molar-refractivity contribution is -0.118. The quantitative estimate of drug-likeness (QED) is 0.161. The number of methoxy groups -OCH3 is 2. The van der Waals surface area contributed by atoms with Crippen molar-refractivity contribution in [3.05, 3.63) is 99.0 Å². The van der Waals surface area contributed by atoms with Gasteiger partial charge in [0.25, 0.3) is 5.91 Å². The third-order valence-electron chi connectivity index (χ3n) is 9.38. The highest BCUT2D eigenvalue weighted by atomic mass is 35.5. The molecule has 262 valence electrons. The standard InChI is InChI=1S/C38H40Cl2N4O5S/c1-48-29-9-10-30(34(20-29)50(3)47)24-12-15-43(16-13-24)17-14-27(25-8-11-32(39)33(40)19-25)22-44(23-35(42)45)38(46)36-31-7-5-4-6-26(31)18-28(21-41)37(36)49-2/h4-11,18-20,24,27H,12-17,22-23H2,1-3H3,(H2,42,45)/t27-,50+/m1/s1. The minimum Gasteiger partial charge on any atom is -0.497 e. The Bertz CT molecular complexity index is 1960. The van der Waals surface area contributed by atoms with Crippen LogP contribution in [0.3, 0.4) is 0 Å². The van der Waals surface area contributed by atoms with Crippen LogP contribution in [0, 0.1) is 11.3 Å². The van der Waals surface area contributed by atoms with Gasteiger partial charge >= 0.3 is 0 Å². The normalized spacial score (nSPS) is 14.9. The molecule has 1 aliphatic rings. The summed E-state index contributed by atoms with van der Waals surface area (Å²) in [7, 11) is 1.88. The third kappa shape index (κ3) is 8.41. The Balaban J connectivity index is 1.41. The average Bonchev–Trinajstić information content (AvgIpc) is 3.12. The molecule has 50 heavy (non-hydrogen) atoms. The van der Waals surface area contributed by atoms with E-state index in [1.807, 2.05) is 42.5 Å². The Labute approximate surface area is 305 Å². The first kappa shape index (κ1) is 37.1. The molecule has 2 atom stereocenters. The molecule has 0 saturated carbocycles. The lowest BCUT2D eigenvalue weighted by Gasteiger charge is -2.34. The molecule has 2 amide bonds. The van der Waals surface area contributed by atoms with Crippen LogP contribution in [-0.2, 0) is 15.6 Å². The van der Waals surface area contributed by atoms with Crippen molar-refractivity contribution in [1.82, 2.24) is 9.80 Å². The van der Waals surface area contributed by atoms with Crippen molar-refractivity contribution in [1.29, 1.82) is 5.26 Å². The first-order valence-electron chi connectivity index (χ1n) is 16.3. The SMILES string of the molecule is COc1ccc(C2CCN(CC[C@H](CN(CC(N)=O)C(=O)c3c(OC)c(C#N)cc4ccccc34)c3ccc(Cl)c(Cl)c3)CC2)c([S@](C)=O)c1. The fourth-order valence-electron chi connectivity index (χ4n) is 6.83. The van der Waals surface area contributed by atoms with Crippen molar-refractivity contribution >= 4 is 56.6 Å². The van der Waals surface area contributed by atoms with Crippen LogP contribution in [0.1, 0.15) is 58.1 Å². The van der Waals surface area contributed by atoms with Crippen molar-refractivity contribution in [3.8, 4) is 17.6 Å². The van der Waals surface area contributed by atoms with Gasteiger partial charge in [-0.25, -0.2) is 0 Å². The van der Waals surface area contributed by atoms with E-state index in [-0.39, 0.29) is 41.8 Å². The number of fused-ring (bicyclic) bond motifs is 1. The van der Waals surface area contributed by atoms with Gasteiger partial charge < -0.3 is 25.0 Å². The zero-order valence-corrected chi connectivity index (χ0v) is 30.6. The summed E-state index contributed by atoms with van der Waals surface area (Å²) in [6, 6.07) is 22.3. The van der Waals surface area contributed by atoms with Crippen LogP contribution >= 0.6 is 23.2 Å². The predicted molar refractivity (Wildman–Crippen MR) is 198 cm³/mol. The molecule has 0 aliphatic carbocycles. The van der Waals surface area contributed by atoms with Gasteiger partial charge in [0.2, 0.25) is 5.91 Å². The molecular weight excluding hydrogens is 695 g/mol. The highest BCUT2D eigenvalue weighted by Crippen LogP contribution is 2.36. The van der Waals surface area contributed by atoms with E-state index < -0.39 is 22.6 Å². The number of hydrogen-bond donors (Lipinski definition) is 1. The lowest BCUT2D eigenvalue weighted by Crippen LogP contribution is -2.42. The van der Waals surface area contributed by atoms with Gasteiger partial charge in [-0.3, -0.25) is 13.8 Å². The molecule has 2 N–H and O–H groups in total. The van der Waals surface area contributed by atoms with E-state index in [1.165, 1.54) is 12.0 Å². The van der Waals surface area contributed by atoms with Gasteiger partial charge in [0, 0.05) is 23.6 Å². The van der Waals surface area contributed by atoms with Crippen LogP contribution in [0.5, 0.6) is 11.5 Å². The smallest absolute Gasteiger partial charge is 0.258 e. The molecule has 1 saturated heterocycles. The molecule has 5 rings (SSSR count). The summed E-state index contributed by atoms with van der Waals surface area (Å²) >= 11 is 12.8. The number of benzene rings is 4. The Morgan fingerprint density at radius 1 is 1.04 bits per heavy atom. The largest absolute Gasteiger partial charge is 0.497 e. The zero-order chi connectivity index (χ0) is 35.9. The van der Waals surface area contributed by atoms with E-state index in [1.54, 1.807) is 37.6 Å². The minimum absolute atomic E-state index is 0.145. The molecule has 0 bridgehead atoms. The summed E-state index contributed by atoms with van der Waals surface area (Å²) in [5.74, 6) is -0.260. The maximum absolute atomic E-state index is 14.5. The molecular formula is C38H40Cl2N4O5S. The van der Waals surface area contributed by atoms with Crippen LogP contribution in [0.4, 0.5) is 0 Å². The highest BCUT2D eigenvalue weighted by molar-refractivity contribution is 7.84. The van der Waals surface area contributed by atoms with Gasteiger partial charge in [-0.05, 0) is 97.0 Å². The maximum Gasteiger partial charge on any atom is 0.258 e. The number of primary amides is 1. The van der Waals surface area contributed by atoms with Crippen molar-refractivity contribution < 1.29 is 23.3 Å². The predicted octanol–water partition coefficient (Wildman–Crippen LogP) is 6.75. The molecule has 0 aromatic heterocycles. The Kier molecular flexibility index (Phi) is 12.4. The summed E-state index contributed by atoms with van der Waals surface area (Å²) in [5, 5.41) is 12.0. The Hall–Kier alpha value is -4.14. The number of amides is 2. The van der Waals surface area contributed by atoms with Crippen LogP contribution in [-0.4, -0.2) is 79.0 Å². The average molecular weight is 736 g/mol. The van der Waals surface area contributed by atoms with E-state index in [9.17, 15) is 19.1 Å². The summed E-state index contributed by atoms with van der Waals surface area (Å²) in [6.07, 6.45) is 4.15. The first-order valence-corrected chi connectivity index (χ1v) is 18.6. The lowest BCUT2D eigenvalue weighted by atomic mass is 9.88. The Morgan fingerprint density at radius 2 is 1.78 bits per heavy atom. The van der Waals surface area contributed by atoms with Gasteiger partial charge in [0.15, 0.2) is 0 Å². The molecule has 4 aromatic carbocycles. The monoisotopic (exact) mass is 734 g/mol. The van der Waals surface area contributed by atoms with Gasteiger partial charge in [0.1, 0.15) is 17.6 Å². The van der Waals surface area contributed by atoms with Crippen molar-refractivity contribution in [2.24, 2.45) is 5.73 Å². The van der Waals surface area contributed by atoms with E-state index in [4.69, 9.17) is 38.4 Å². The number of halogens is 2. The number of hydrogen-bond acceptors (Lipinski definition) is 7. The van der Waals surface area contributed by atoms with Crippen LogP contribution in [0.2, 0.25) is 10.0 Å². The number of piperidine rings is 1. The van der Waals surface area contributed by atoms with Crippen molar-refractivity contribution in [3.63, 3.8) is 0 Å². The summed E-state index contributed by atoms with van der Waals surface area (Å²) in [4.78, 5) is 31.5. The Morgan fingerprint density at radius 3 is 2.42 bits per heavy atom. The molecule has 4 aromatic rings. The van der Waals surface area contributed by atoms with E-state index in [0.29, 0.717) is 33.0 Å². The van der Waals surface area contributed by atoms with Gasteiger partial charge in [-0.15, -0.1) is 0 Å². The fraction of sp³-hybridized carbons (Fsp3) is 0.342. The van der Waals surface area contributed by atoms with Crippen LogP contribution in [0.15, 0.2) is 71.6 Å². The molecule has 12 heteroatoms. The number of likely N-dealkylation sites (tertiary alicyclic amines) is 1. The second-order valence-corrected chi connectivity index (χ2v) is 14.6. The second kappa shape index (κ2) is 16.7. The summed E-state index contributed by atoms with van der Waals surface area (Å²) < 4.78 is 23.6. The molecule has 0 spiro atoms. The first-order chi connectivity index (χ1) is 24.0. The number of nitrogens with two attached hydrogens (primary N) is 1. The van der Waals surface area contributed by atoms with Crippen LogP contribution in [0.25, 0.3) is 10.8 Å². The topological polar surface area (TPSA) is 126 Å². The number of carbonyl (C=O) groups excluding carboxylic acids is 2. The third-order valence-corrected chi connectivity index (χ3v) is 11.1. The van der Waals surface area contributed by atoms with E-state index >= 15 is 0 Å². The number of rotatable bonds is 13. The molecule has 1 heterocycles. The summed E-state index contributed by atoms with van der Waals surface area (Å²) in [6.45, 7) is 2.23.